The van der Waals surface area contributed by atoms with Crippen molar-refractivity contribution in [3.8, 4) is 5.75 Å². The lowest BCUT2D eigenvalue weighted by atomic mass is 10.3. The molecule has 1 aromatic rings. The van der Waals surface area contributed by atoms with Crippen LogP contribution >= 0.6 is 8.58 Å². The molecule has 1 unspecified atom stereocenters. The lowest BCUT2D eigenvalue weighted by Crippen LogP contribution is -2.01. The van der Waals surface area contributed by atoms with Gasteiger partial charge in [0.25, 0.3) is 0 Å². The van der Waals surface area contributed by atoms with Gasteiger partial charge in [0.1, 0.15) is 5.75 Å². The molecule has 0 bridgehead atoms. The lowest BCUT2D eigenvalue weighted by Gasteiger charge is -2.07. The van der Waals surface area contributed by atoms with E-state index in [2.05, 4.69) is 19.1 Å². The molecule has 1 atom stereocenters. The van der Waals surface area contributed by atoms with Crippen LogP contribution in [0.1, 0.15) is 26.2 Å². The van der Waals surface area contributed by atoms with Crippen LogP contribution in [0.15, 0.2) is 24.3 Å². The van der Waals surface area contributed by atoms with E-state index >= 15 is 0 Å². The van der Waals surface area contributed by atoms with Gasteiger partial charge in [0, 0.05) is 5.30 Å². The van der Waals surface area contributed by atoms with Gasteiger partial charge in [-0.2, -0.15) is 0 Å². The van der Waals surface area contributed by atoms with Crippen molar-refractivity contribution in [3.05, 3.63) is 24.3 Å². The van der Waals surface area contributed by atoms with Gasteiger partial charge in [0.2, 0.25) is 0 Å². The first-order valence-electron chi connectivity index (χ1n) is 5.25. The molecule has 78 valence electrons. The van der Waals surface area contributed by atoms with E-state index < -0.39 is 0 Å². The average molecular weight is 210 g/mol. The van der Waals surface area contributed by atoms with E-state index in [0.717, 1.165) is 14.3 Å². The highest BCUT2D eigenvalue weighted by atomic mass is 31.1. The minimum absolute atomic E-state index is 0.895. The fourth-order valence-electron chi connectivity index (χ4n) is 1.39. The second-order valence-corrected chi connectivity index (χ2v) is 4.73. The van der Waals surface area contributed by atoms with E-state index in [1.54, 1.807) is 7.11 Å². The topological polar surface area (TPSA) is 9.23 Å². The second kappa shape index (κ2) is 6.84. The summed E-state index contributed by atoms with van der Waals surface area (Å²) in [6.07, 6.45) is 5.29. The molecule has 0 amide bonds. The van der Waals surface area contributed by atoms with Gasteiger partial charge in [-0.05, 0) is 18.6 Å². The van der Waals surface area contributed by atoms with E-state index in [0.29, 0.717) is 0 Å². The molecule has 0 radical (unpaired) electrons. The molecule has 0 aliphatic carbocycles. The van der Waals surface area contributed by atoms with Crippen LogP contribution in [0, 0.1) is 0 Å². The molecule has 0 saturated carbocycles. The predicted molar refractivity (Wildman–Crippen MR) is 65.3 cm³/mol. The molecule has 0 aliphatic rings. The molecule has 14 heavy (non-hydrogen) atoms. The number of hydrogen-bond donors (Lipinski definition) is 0. The molecule has 0 heterocycles. The van der Waals surface area contributed by atoms with Crippen molar-refractivity contribution >= 4 is 13.9 Å². The van der Waals surface area contributed by atoms with E-state index in [9.17, 15) is 0 Å². The van der Waals surface area contributed by atoms with Gasteiger partial charge in [-0.1, -0.05) is 46.5 Å². The maximum atomic E-state index is 5.31. The maximum Gasteiger partial charge on any atom is 0.126 e. The molecule has 0 N–H and O–H groups in total. The first-order valence-corrected chi connectivity index (χ1v) is 6.46. The van der Waals surface area contributed by atoms with E-state index in [1.807, 2.05) is 12.1 Å². The Balaban J connectivity index is 2.41. The Morgan fingerprint density at radius 1 is 1.21 bits per heavy atom. The van der Waals surface area contributed by atoms with Gasteiger partial charge in [-0.25, -0.2) is 0 Å². The van der Waals surface area contributed by atoms with Crippen molar-refractivity contribution in [2.24, 2.45) is 0 Å². The van der Waals surface area contributed by atoms with Crippen molar-refractivity contribution in [3.63, 3.8) is 0 Å². The summed E-state index contributed by atoms with van der Waals surface area (Å²) in [6, 6.07) is 8.33. The summed E-state index contributed by atoms with van der Waals surface area (Å²) in [6.45, 7) is 2.24. The van der Waals surface area contributed by atoms with Gasteiger partial charge in [0.15, 0.2) is 0 Å². The average Bonchev–Trinajstić information content (AvgIpc) is 2.25. The Morgan fingerprint density at radius 2 is 2.00 bits per heavy atom. The third kappa shape index (κ3) is 3.67. The third-order valence-electron chi connectivity index (χ3n) is 2.20. The van der Waals surface area contributed by atoms with Crippen LogP contribution in [0.3, 0.4) is 0 Å². The maximum absolute atomic E-state index is 5.31. The van der Waals surface area contributed by atoms with Gasteiger partial charge in [0.05, 0.1) is 7.11 Å². The summed E-state index contributed by atoms with van der Waals surface area (Å²) in [5, 5.41) is 1.37. The van der Waals surface area contributed by atoms with E-state index in [1.165, 1.54) is 30.7 Å². The third-order valence-corrected chi connectivity index (χ3v) is 3.60. The SMILES string of the molecule is CCCCCPc1ccccc1OC. The Labute approximate surface area is 88.6 Å². The summed E-state index contributed by atoms with van der Waals surface area (Å²) in [5.74, 6) is 1.04. The first kappa shape index (κ1) is 11.5. The van der Waals surface area contributed by atoms with Crippen molar-refractivity contribution < 1.29 is 4.74 Å². The number of para-hydroxylation sites is 1. The molecular weight excluding hydrogens is 191 g/mol. The number of methoxy groups -OCH3 is 1. The fourth-order valence-corrected chi connectivity index (χ4v) is 2.66. The standard InChI is InChI=1S/C12H19OP/c1-3-4-7-10-14-12-9-6-5-8-11(12)13-2/h5-6,8-9,14H,3-4,7,10H2,1-2H3. The molecule has 2 heteroatoms. The minimum atomic E-state index is 0.895. The first-order chi connectivity index (χ1) is 6.88. The summed E-state index contributed by atoms with van der Waals surface area (Å²) < 4.78 is 5.31. The highest BCUT2D eigenvalue weighted by molar-refractivity contribution is 7.47. The molecule has 1 rings (SSSR count). The molecule has 0 aliphatic heterocycles. The van der Waals surface area contributed by atoms with Crippen LogP contribution in [0.2, 0.25) is 0 Å². The molecule has 0 fully saturated rings. The number of unbranched alkanes of at least 4 members (excludes halogenated alkanes) is 2. The van der Waals surface area contributed by atoms with E-state index in [4.69, 9.17) is 4.74 Å². The van der Waals surface area contributed by atoms with Crippen molar-refractivity contribution in [2.45, 2.75) is 26.2 Å². The van der Waals surface area contributed by atoms with Crippen LogP contribution in [0.5, 0.6) is 5.75 Å². The van der Waals surface area contributed by atoms with Gasteiger partial charge in [-0.15, -0.1) is 0 Å². The number of rotatable bonds is 6. The molecule has 0 spiro atoms. The van der Waals surface area contributed by atoms with Crippen LogP contribution in [-0.2, 0) is 0 Å². The molecule has 0 saturated heterocycles. The summed E-state index contributed by atoms with van der Waals surface area (Å²) in [4.78, 5) is 0. The second-order valence-electron chi connectivity index (χ2n) is 3.33. The van der Waals surface area contributed by atoms with Crippen molar-refractivity contribution in [1.29, 1.82) is 0 Å². The minimum Gasteiger partial charge on any atom is -0.496 e. The lowest BCUT2D eigenvalue weighted by molar-refractivity contribution is 0.418. The van der Waals surface area contributed by atoms with Crippen LogP contribution in [0.4, 0.5) is 0 Å². The number of benzene rings is 1. The molecule has 0 aromatic heterocycles. The fraction of sp³-hybridized carbons (Fsp3) is 0.500. The van der Waals surface area contributed by atoms with Crippen LogP contribution < -0.4 is 10.0 Å². The Morgan fingerprint density at radius 3 is 2.71 bits per heavy atom. The smallest absolute Gasteiger partial charge is 0.126 e. The quantitative estimate of drug-likeness (QED) is 0.517. The Bertz CT molecular complexity index is 260. The highest BCUT2D eigenvalue weighted by Crippen LogP contribution is 2.20. The monoisotopic (exact) mass is 210 g/mol. The number of ether oxygens (including phenoxy) is 1. The highest BCUT2D eigenvalue weighted by Gasteiger charge is 1.99. The summed E-state index contributed by atoms with van der Waals surface area (Å²) in [5.41, 5.74) is 0. The zero-order chi connectivity index (χ0) is 10.2. The van der Waals surface area contributed by atoms with Crippen molar-refractivity contribution in [1.82, 2.24) is 0 Å². The summed E-state index contributed by atoms with van der Waals surface area (Å²) in [7, 11) is 2.64. The van der Waals surface area contributed by atoms with Gasteiger partial charge in [-0.3, -0.25) is 0 Å². The predicted octanol–water partition coefficient (Wildman–Crippen LogP) is 3.19. The van der Waals surface area contributed by atoms with Crippen LogP contribution in [0.25, 0.3) is 0 Å². The van der Waals surface area contributed by atoms with Gasteiger partial charge < -0.3 is 4.74 Å². The molecule has 1 nitrogen and oxygen atoms in total. The molecular formula is C12H19OP. The van der Waals surface area contributed by atoms with Gasteiger partial charge >= 0.3 is 0 Å². The summed E-state index contributed by atoms with van der Waals surface area (Å²) >= 11 is 0. The Kier molecular flexibility index (Phi) is 5.63. The van der Waals surface area contributed by atoms with E-state index in [-0.39, 0.29) is 0 Å². The van der Waals surface area contributed by atoms with Crippen LogP contribution in [-0.4, -0.2) is 13.3 Å². The normalized spacial score (nSPS) is 11.0. The zero-order valence-electron chi connectivity index (χ0n) is 9.05. The molecule has 1 aromatic carbocycles. The largest absolute Gasteiger partial charge is 0.496 e. The zero-order valence-corrected chi connectivity index (χ0v) is 10.0. The number of hydrogen-bond acceptors (Lipinski definition) is 1. The Hall–Kier alpha value is -0.550. The van der Waals surface area contributed by atoms with Crippen molar-refractivity contribution in [2.75, 3.05) is 13.3 Å².